The molecule has 0 bridgehead atoms. The predicted molar refractivity (Wildman–Crippen MR) is 186 cm³/mol. The summed E-state index contributed by atoms with van der Waals surface area (Å²) in [6.45, 7) is 3.24. The molecule has 0 heterocycles. The molecular formula is C37H43N3O7S. The minimum atomic E-state index is -4.32. The number of hydrogen-bond donors (Lipinski definition) is 1. The van der Waals surface area contributed by atoms with Crippen LogP contribution in [0.3, 0.4) is 0 Å². The van der Waals surface area contributed by atoms with Crippen LogP contribution in [0.2, 0.25) is 0 Å². The van der Waals surface area contributed by atoms with Crippen molar-refractivity contribution in [2.75, 3.05) is 32.2 Å². The molecule has 4 aromatic carbocycles. The van der Waals surface area contributed by atoms with Crippen LogP contribution in [-0.2, 0) is 32.6 Å². The molecule has 4 aromatic rings. The van der Waals surface area contributed by atoms with Gasteiger partial charge < -0.3 is 24.4 Å². The van der Waals surface area contributed by atoms with Gasteiger partial charge in [0.25, 0.3) is 10.0 Å². The van der Waals surface area contributed by atoms with Crippen LogP contribution < -0.4 is 23.8 Å². The highest BCUT2D eigenvalue weighted by Gasteiger charge is 2.36. The molecule has 10 nitrogen and oxygen atoms in total. The van der Waals surface area contributed by atoms with Gasteiger partial charge in [-0.25, -0.2) is 8.42 Å². The Morgan fingerprint density at radius 2 is 1.40 bits per heavy atom. The first-order valence-electron chi connectivity index (χ1n) is 15.7. The van der Waals surface area contributed by atoms with Crippen LogP contribution >= 0.6 is 0 Å². The van der Waals surface area contributed by atoms with Gasteiger partial charge in [-0.2, -0.15) is 0 Å². The van der Waals surface area contributed by atoms with Gasteiger partial charge in [0.1, 0.15) is 29.8 Å². The van der Waals surface area contributed by atoms with Crippen molar-refractivity contribution in [2.24, 2.45) is 0 Å². The zero-order chi connectivity index (χ0) is 34.7. The minimum absolute atomic E-state index is 0.00985. The zero-order valence-corrected chi connectivity index (χ0v) is 28.8. The second-order valence-electron chi connectivity index (χ2n) is 11.3. The second kappa shape index (κ2) is 16.7. The number of benzene rings is 4. The number of carbonyl (C=O) groups is 2. The number of hydrogen-bond acceptors (Lipinski definition) is 7. The monoisotopic (exact) mass is 673 g/mol. The predicted octanol–water partition coefficient (Wildman–Crippen LogP) is 5.46. The first kappa shape index (κ1) is 35.8. The van der Waals surface area contributed by atoms with E-state index in [4.69, 9.17) is 14.2 Å². The van der Waals surface area contributed by atoms with Crippen LogP contribution in [0.15, 0.2) is 108 Å². The fraction of sp³-hybridized carbons (Fsp3) is 0.297. The Labute approximate surface area is 283 Å². The molecule has 0 radical (unpaired) electrons. The molecule has 0 aliphatic rings. The molecule has 2 amide bonds. The molecule has 0 saturated carbocycles. The van der Waals surface area contributed by atoms with E-state index in [1.54, 1.807) is 55.6 Å². The van der Waals surface area contributed by atoms with Gasteiger partial charge in [-0.15, -0.1) is 0 Å². The van der Waals surface area contributed by atoms with Crippen LogP contribution in [0.25, 0.3) is 0 Å². The van der Waals surface area contributed by atoms with Crippen LogP contribution in [-0.4, -0.2) is 65.1 Å². The summed E-state index contributed by atoms with van der Waals surface area (Å²) in [5, 5.41) is 3.04. The van der Waals surface area contributed by atoms with Gasteiger partial charge in [0.15, 0.2) is 0 Å². The molecule has 0 aliphatic carbocycles. The summed E-state index contributed by atoms with van der Waals surface area (Å²) < 4.78 is 46.1. The van der Waals surface area contributed by atoms with E-state index in [0.717, 1.165) is 9.87 Å². The number of rotatable bonds is 16. The second-order valence-corrected chi connectivity index (χ2v) is 13.1. The van der Waals surface area contributed by atoms with Gasteiger partial charge in [-0.1, -0.05) is 67.6 Å². The van der Waals surface area contributed by atoms with Crippen LogP contribution in [0.1, 0.15) is 31.4 Å². The fourth-order valence-electron chi connectivity index (χ4n) is 5.19. The molecule has 0 aromatic heterocycles. The number of carbonyl (C=O) groups excluding carboxylic acids is 2. The van der Waals surface area contributed by atoms with Crippen molar-refractivity contribution >= 4 is 27.5 Å². The van der Waals surface area contributed by atoms with Gasteiger partial charge >= 0.3 is 0 Å². The van der Waals surface area contributed by atoms with Crippen molar-refractivity contribution in [3.05, 3.63) is 114 Å². The van der Waals surface area contributed by atoms with E-state index in [0.29, 0.717) is 23.5 Å². The molecule has 0 fully saturated rings. The number of nitrogens with one attached hydrogen (secondary N) is 1. The molecular weight excluding hydrogens is 630 g/mol. The van der Waals surface area contributed by atoms with Crippen molar-refractivity contribution < 1.29 is 32.2 Å². The van der Waals surface area contributed by atoms with Crippen LogP contribution in [0.5, 0.6) is 17.2 Å². The highest BCUT2D eigenvalue weighted by molar-refractivity contribution is 7.92. The summed E-state index contributed by atoms with van der Waals surface area (Å²) in [7, 11) is 0.114. The standard InChI is InChI=1S/C37H43N3O7S/c1-6-27(2)38-37(42)34(23-28-14-9-7-10-15-28)39(25-29-16-13-17-30(22-29)45-3)36(41)26-40(48(43,44)32-18-11-8-12-19-32)33-24-31(46-4)20-21-35(33)47-5/h7-22,24,27,34H,6,23,25-26H2,1-5H3,(H,38,42)/t27-,34+/m0/s1. The number of anilines is 1. The van der Waals surface area contributed by atoms with E-state index in [1.807, 2.05) is 50.2 Å². The quantitative estimate of drug-likeness (QED) is 0.168. The lowest BCUT2D eigenvalue weighted by molar-refractivity contribution is -0.140. The Balaban J connectivity index is 1.87. The van der Waals surface area contributed by atoms with Crippen LogP contribution in [0.4, 0.5) is 5.69 Å². The minimum Gasteiger partial charge on any atom is -0.497 e. The van der Waals surface area contributed by atoms with Crippen molar-refractivity contribution in [3.63, 3.8) is 0 Å². The molecule has 1 N–H and O–H groups in total. The molecule has 0 saturated heterocycles. The Bertz CT molecular complexity index is 1770. The highest BCUT2D eigenvalue weighted by atomic mass is 32.2. The molecule has 0 spiro atoms. The maximum Gasteiger partial charge on any atom is 0.264 e. The van der Waals surface area contributed by atoms with Crippen LogP contribution in [0, 0.1) is 0 Å². The smallest absolute Gasteiger partial charge is 0.264 e. The van der Waals surface area contributed by atoms with Crippen molar-refractivity contribution in [1.82, 2.24) is 10.2 Å². The van der Waals surface area contributed by atoms with E-state index in [9.17, 15) is 18.0 Å². The van der Waals surface area contributed by atoms with Gasteiger partial charge in [0, 0.05) is 25.1 Å². The topological polar surface area (TPSA) is 114 Å². The van der Waals surface area contributed by atoms with Crippen molar-refractivity contribution in [1.29, 1.82) is 0 Å². The summed E-state index contributed by atoms with van der Waals surface area (Å²) >= 11 is 0. The van der Waals surface area contributed by atoms with Gasteiger partial charge in [0.05, 0.1) is 31.9 Å². The summed E-state index contributed by atoms with van der Waals surface area (Å²) in [4.78, 5) is 30.2. The maximum atomic E-state index is 14.7. The number of methoxy groups -OCH3 is 3. The molecule has 0 aliphatic heterocycles. The normalized spacial score (nSPS) is 12.4. The molecule has 254 valence electrons. The van der Waals surface area contributed by atoms with E-state index in [1.165, 1.54) is 37.3 Å². The Morgan fingerprint density at radius 3 is 2.02 bits per heavy atom. The van der Waals surface area contributed by atoms with Crippen molar-refractivity contribution in [2.45, 2.75) is 50.2 Å². The average Bonchev–Trinajstić information content (AvgIpc) is 3.12. The van der Waals surface area contributed by atoms with E-state index in [-0.39, 0.29) is 41.2 Å². The van der Waals surface area contributed by atoms with Gasteiger partial charge in [0.2, 0.25) is 11.8 Å². The maximum absolute atomic E-state index is 14.7. The Morgan fingerprint density at radius 1 is 0.771 bits per heavy atom. The first-order chi connectivity index (χ1) is 23.1. The van der Waals surface area contributed by atoms with Gasteiger partial charge in [-0.3, -0.25) is 13.9 Å². The number of nitrogens with zero attached hydrogens (tertiary/aromatic N) is 2. The van der Waals surface area contributed by atoms with E-state index < -0.39 is 28.5 Å². The molecule has 48 heavy (non-hydrogen) atoms. The lowest BCUT2D eigenvalue weighted by Crippen LogP contribution is -2.54. The highest BCUT2D eigenvalue weighted by Crippen LogP contribution is 2.36. The largest absolute Gasteiger partial charge is 0.497 e. The third-order valence-electron chi connectivity index (χ3n) is 8.02. The van der Waals surface area contributed by atoms with Gasteiger partial charge in [-0.05, 0) is 60.9 Å². The zero-order valence-electron chi connectivity index (χ0n) is 28.0. The summed E-state index contributed by atoms with van der Waals surface area (Å²) in [5.41, 5.74) is 1.65. The summed E-state index contributed by atoms with van der Waals surface area (Å²) in [6, 6.07) is 28.1. The molecule has 0 unspecified atom stereocenters. The summed E-state index contributed by atoms with van der Waals surface area (Å²) in [5.74, 6) is 0.230. The average molecular weight is 674 g/mol. The lowest BCUT2D eigenvalue weighted by Gasteiger charge is -2.34. The first-order valence-corrected chi connectivity index (χ1v) is 17.1. The number of ether oxygens (including phenoxy) is 3. The third kappa shape index (κ3) is 8.86. The third-order valence-corrected chi connectivity index (χ3v) is 9.80. The number of sulfonamides is 1. The molecule has 11 heteroatoms. The Kier molecular flexibility index (Phi) is 12.5. The number of amides is 2. The van der Waals surface area contributed by atoms with E-state index in [2.05, 4.69) is 5.32 Å². The summed E-state index contributed by atoms with van der Waals surface area (Å²) in [6.07, 6.45) is 0.888. The SMILES string of the molecule is CC[C@H](C)NC(=O)[C@@H](Cc1ccccc1)N(Cc1cccc(OC)c1)C(=O)CN(c1cc(OC)ccc1OC)S(=O)(=O)c1ccccc1. The molecule has 2 atom stereocenters. The Hall–Kier alpha value is -5.03. The fourth-order valence-corrected chi connectivity index (χ4v) is 6.62. The van der Waals surface area contributed by atoms with Crippen molar-refractivity contribution in [3.8, 4) is 17.2 Å². The van der Waals surface area contributed by atoms with E-state index >= 15 is 0 Å². The molecule has 4 rings (SSSR count). The lowest BCUT2D eigenvalue weighted by atomic mass is 10.0.